The third kappa shape index (κ3) is 3.60. The van der Waals surface area contributed by atoms with Crippen LogP contribution in [0.2, 0.25) is 5.02 Å². The quantitative estimate of drug-likeness (QED) is 0.745. The highest BCUT2D eigenvalue weighted by atomic mass is 35.5. The third-order valence-electron chi connectivity index (χ3n) is 3.43. The van der Waals surface area contributed by atoms with Crippen LogP contribution >= 0.6 is 22.9 Å². The van der Waals surface area contributed by atoms with Crippen molar-refractivity contribution in [1.82, 2.24) is 4.98 Å². The van der Waals surface area contributed by atoms with E-state index in [9.17, 15) is 4.79 Å². The first-order valence-electron chi connectivity index (χ1n) is 7.27. The van der Waals surface area contributed by atoms with Gasteiger partial charge in [0.2, 0.25) is 5.91 Å². The average Bonchev–Trinajstić information content (AvgIpc) is 2.99. The van der Waals surface area contributed by atoms with Crippen LogP contribution in [0, 0.1) is 0 Å². The van der Waals surface area contributed by atoms with Crippen LogP contribution in [-0.2, 0) is 4.79 Å². The van der Waals surface area contributed by atoms with E-state index >= 15 is 0 Å². The van der Waals surface area contributed by atoms with Gasteiger partial charge in [-0.05, 0) is 30.3 Å². The van der Waals surface area contributed by atoms with Crippen LogP contribution in [-0.4, -0.2) is 31.6 Å². The smallest absolute Gasteiger partial charge is 0.243 e. The van der Waals surface area contributed by atoms with Crippen molar-refractivity contribution >= 4 is 49.9 Å². The minimum Gasteiger partial charge on any atom is -0.495 e. The number of para-hydroxylation sites is 1. The van der Waals surface area contributed by atoms with Gasteiger partial charge in [0.1, 0.15) is 5.75 Å². The lowest BCUT2D eigenvalue weighted by molar-refractivity contribution is -0.114. The van der Waals surface area contributed by atoms with Crippen molar-refractivity contribution < 1.29 is 9.53 Å². The minimum atomic E-state index is -0.141. The van der Waals surface area contributed by atoms with E-state index in [0.717, 1.165) is 15.3 Å². The van der Waals surface area contributed by atoms with E-state index in [1.807, 2.05) is 36.2 Å². The Morgan fingerprint density at radius 3 is 2.83 bits per heavy atom. The molecule has 3 aromatic rings. The van der Waals surface area contributed by atoms with Crippen molar-refractivity contribution in [3.8, 4) is 5.75 Å². The summed E-state index contributed by atoms with van der Waals surface area (Å²) in [5.41, 5.74) is 1.56. The summed E-state index contributed by atoms with van der Waals surface area (Å²) in [6, 6.07) is 13.0. The van der Waals surface area contributed by atoms with Crippen LogP contribution in [0.15, 0.2) is 42.5 Å². The second-order valence-electron chi connectivity index (χ2n) is 5.22. The number of ether oxygens (including phenoxy) is 1. The lowest BCUT2D eigenvalue weighted by atomic mass is 10.3. The number of benzene rings is 2. The van der Waals surface area contributed by atoms with E-state index in [2.05, 4.69) is 10.3 Å². The molecule has 0 saturated heterocycles. The molecule has 3 rings (SSSR count). The van der Waals surface area contributed by atoms with Gasteiger partial charge in [0, 0.05) is 12.7 Å². The number of nitrogens with one attached hydrogen (secondary N) is 1. The van der Waals surface area contributed by atoms with Crippen LogP contribution in [0.3, 0.4) is 0 Å². The van der Waals surface area contributed by atoms with Crippen molar-refractivity contribution in [2.24, 2.45) is 0 Å². The number of aromatic nitrogens is 1. The summed E-state index contributed by atoms with van der Waals surface area (Å²) in [6.07, 6.45) is 0. The van der Waals surface area contributed by atoms with Gasteiger partial charge in [-0.1, -0.05) is 35.1 Å². The normalized spacial score (nSPS) is 10.6. The molecule has 1 aromatic heterocycles. The van der Waals surface area contributed by atoms with Gasteiger partial charge < -0.3 is 15.0 Å². The number of fused-ring (bicyclic) bond motifs is 1. The van der Waals surface area contributed by atoms with E-state index in [-0.39, 0.29) is 12.5 Å². The number of anilines is 2. The van der Waals surface area contributed by atoms with Crippen molar-refractivity contribution in [2.45, 2.75) is 0 Å². The van der Waals surface area contributed by atoms with Gasteiger partial charge in [0.05, 0.1) is 28.9 Å². The molecule has 0 aliphatic heterocycles. The molecule has 0 fully saturated rings. The number of hydrogen-bond acceptors (Lipinski definition) is 5. The topological polar surface area (TPSA) is 54.5 Å². The lowest BCUT2D eigenvalue weighted by Gasteiger charge is -2.15. The summed E-state index contributed by atoms with van der Waals surface area (Å²) in [5.74, 6) is 0.430. The molecular weight excluding hydrogens is 346 g/mol. The number of hydrogen-bond donors (Lipinski definition) is 1. The first-order valence-corrected chi connectivity index (χ1v) is 8.46. The Hall–Kier alpha value is -2.31. The van der Waals surface area contributed by atoms with E-state index in [4.69, 9.17) is 16.3 Å². The summed E-state index contributed by atoms with van der Waals surface area (Å²) in [6.45, 7) is 0.198. The van der Waals surface area contributed by atoms with Gasteiger partial charge in [-0.15, -0.1) is 0 Å². The molecule has 124 valence electrons. The maximum absolute atomic E-state index is 12.2. The van der Waals surface area contributed by atoms with Gasteiger partial charge in [0.25, 0.3) is 0 Å². The van der Waals surface area contributed by atoms with Crippen LogP contribution < -0.4 is 15.0 Å². The first-order chi connectivity index (χ1) is 11.6. The Bertz CT molecular complexity index is 848. The Morgan fingerprint density at radius 1 is 1.33 bits per heavy atom. The summed E-state index contributed by atoms with van der Waals surface area (Å²) in [5, 5.41) is 4.08. The number of amides is 1. The Balaban J connectivity index is 1.66. The van der Waals surface area contributed by atoms with Gasteiger partial charge in [-0.3, -0.25) is 4.79 Å². The predicted molar refractivity (Wildman–Crippen MR) is 99.5 cm³/mol. The number of methoxy groups -OCH3 is 1. The van der Waals surface area contributed by atoms with Gasteiger partial charge in [-0.2, -0.15) is 0 Å². The SMILES string of the molecule is COc1ccc(NC(=O)CN(C)c2nc3ccccc3s2)cc1Cl. The van der Waals surface area contributed by atoms with Crippen LogP contribution in [0.5, 0.6) is 5.75 Å². The fourth-order valence-electron chi connectivity index (χ4n) is 2.25. The van der Waals surface area contributed by atoms with E-state index in [1.165, 1.54) is 0 Å². The molecule has 0 atom stereocenters. The number of likely N-dealkylation sites (N-methyl/N-ethyl adjacent to an activating group) is 1. The second-order valence-corrected chi connectivity index (χ2v) is 6.63. The van der Waals surface area contributed by atoms with Gasteiger partial charge in [-0.25, -0.2) is 4.98 Å². The molecule has 1 heterocycles. The lowest BCUT2D eigenvalue weighted by Crippen LogP contribution is -2.29. The number of carbonyl (C=O) groups excluding carboxylic acids is 1. The second kappa shape index (κ2) is 7.07. The zero-order valence-corrected chi connectivity index (χ0v) is 14.8. The monoisotopic (exact) mass is 361 g/mol. The van der Waals surface area contributed by atoms with E-state index in [0.29, 0.717) is 16.5 Å². The van der Waals surface area contributed by atoms with E-state index < -0.39 is 0 Å². The highest BCUT2D eigenvalue weighted by Crippen LogP contribution is 2.28. The molecule has 0 spiro atoms. The molecular formula is C17H16ClN3O2S. The Labute approximate surface area is 148 Å². The summed E-state index contributed by atoms with van der Waals surface area (Å²) in [7, 11) is 3.39. The number of thiazole rings is 1. The molecule has 1 N–H and O–H groups in total. The molecule has 7 heteroatoms. The molecule has 1 amide bonds. The zero-order valence-electron chi connectivity index (χ0n) is 13.2. The predicted octanol–water partition coefficient (Wildman–Crippen LogP) is 4.03. The number of nitrogens with zero attached hydrogens (tertiary/aromatic N) is 2. The molecule has 0 bridgehead atoms. The minimum absolute atomic E-state index is 0.141. The summed E-state index contributed by atoms with van der Waals surface area (Å²) in [4.78, 5) is 18.6. The van der Waals surface area contributed by atoms with Crippen LogP contribution in [0.4, 0.5) is 10.8 Å². The molecule has 5 nitrogen and oxygen atoms in total. The van der Waals surface area contributed by atoms with Gasteiger partial charge in [0.15, 0.2) is 5.13 Å². The van der Waals surface area contributed by atoms with Crippen molar-refractivity contribution in [2.75, 3.05) is 30.9 Å². The molecule has 24 heavy (non-hydrogen) atoms. The fraction of sp³-hybridized carbons (Fsp3) is 0.176. The molecule has 0 aliphatic carbocycles. The highest BCUT2D eigenvalue weighted by Gasteiger charge is 2.12. The van der Waals surface area contributed by atoms with Crippen LogP contribution in [0.25, 0.3) is 10.2 Å². The van der Waals surface area contributed by atoms with Crippen molar-refractivity contribution in [3.63, 3.8) is 0 Å². The maximum atomic E-state index is 12.2. The molecule has 0 radical (unpaired) electrons. The van der Waals surface area contributed by atoms with Crippen molar-refractivity contribution in [1.29, 1.82) is 0 Å². The standard InChI is InChI=1S/C17H16ClN3O2S/c1-21(17-20-13-5-3-4-6-15(13)24-17)10-16(22)19-11-7-8-14(23-2)12(18)9-11/h3-9H,10H2,1-2H3,(H,19,22). The largest absolute Gasteiger partial charge is 0.495 e. The Kier molecular flexibility index (Phi) is 4.87. The maximum Gasteiger partial charge on any atom is 0.243 e. The highest BCUT2D eigenvalue weighted by molar-refractivity contribution is 7.22. The molecule has 2 aromatic carbocycles. The third-order valence-corrected chi connectivity index (χ3v) is 4.87. The van der Waals surface area contributed by atoms with Crippen molar-refractivity contribution in [3.05, 3.63) is 47.5 Å². The summed E-state index contributed by atoms with van der Waals surface area (Å²) < 4.78 is 6.20. The summed E-state index contributed by atoms with van der Waals surface area (Å²) >= 11 is 7.62. The average molecular weight is 362 g/mol. The number of carbonyl (C=O) groups is 1. The molecule has 0 unspecified atom stereocenters. The Morgan fingerprint density at radius 2 is 2.12 bits per heavy atom. The first kappa shape index (κ1) is 16.5. The zero-order chi connectivity index (χ0) is 17.1. The fourth-order valence-corrected chi connectivity index (χ4v) is 3.43. The van der Waals surface area contributed by atoms with Crippen LogP contribution in [0.1, 0.15) is 0 Å². The molecule has 0 saturated carbocycles. The molecule has 0 aliphatic rings. The number of rotatable bonds is 5. The van der Waals surface area contributed by atoms with Gasteiger partial charge >= 0.3 is 0 Å². The van der Waals surface area contributed by atoms with E-state index in [1.54, 1.807) is 36.6 Å². The number of halogens is 1.